The van der Waals surface area contributed by atoms with Crippen LogP contribution in [-0.2, 0) is 4.74 Å². The molecule has 1 aromatic carbocycles. The number of nitrogens with zero attached hydrogens (tertiary/aromatic N) is 1. The minimum absolute atomic E-state index is 0.727. The predicted molar refractivity (Wildman–Crippen MR) is 65.9 cm³/mol. The number of aryl methyl sites for hydroxylation is 1. The van der Waals surface area contributed by atoms with Crippen molar-refractivity contribution in [2.24, 2.45) is 0 Å². The second kappa shape index (κ2) is 5.61. The van der Waals surface area contributed by atoms with Crippen LogP contribution in [0.2, 0.25) is 0 Å². The SMILES string of the molecule is COCCNc1ccc(C)c(N(C)C)c1. The van der Waals surface area contributed by atoms with E-state index in [-0.39, 0.29) is 0 Å². The molecule has 0 radical (unpaired) electrons. The molecule has 0 bridgehead atoms. The zero-order valence-electron chi connectivity index (χ0n) is 10.0. The third-order valence-corrected chi connectivity index (χ3v) is 2.33. The van der Waals surface area contributed by atoms with Gasteiger partial charge in [-0.2, -0.15) is 0 Å². The van der Waals surface area contributed by atoms with Gasteiger partial charge in [0.15, 0.2) is 0 Å². The highest BCUT2D eigenvalue weighted by atomic mass is 16.5. The molecule has 0 heterocycles. The molecule has 1 aromatic rings. The predicted octanol–water partition coefficient (Wildman–Crippen LogP) is 2.12. The first-order valence-corrected chi connectivity index (χ1v) is 5.16. The Morgan fingerprint density at radius 2 is 2.07 bits per heavy atom. The highest BCUT2D eigenvalue weighted by molar-refractivity contribution is 5.61. The lowest BCUT2D eigenvalue weighted by Gasteiger charge is -2.17. The van der Waals surface area contributed by atoms with Crippen molar-refractivity contribution < 1.29 is 4.74 Å². The molecule has 0 unspecified atom stereocenters. The van der Waals surface area contributed by atoms with Crippen LogP contribution in [0, 0.1) is 6.92 Å². The fourth-order valence-electron chi connectivity index (χ4n) is 1.50. The molecule has 3 nitrogen and oxygen atoms in total. The zero-order valence-corrected chi connectivity index (χ0v) is 10.0. The van der Waals surface area contributed by atoms with E-state index in [1.165, 1.54) is 11.3 Å². The van der Waals surface area contributed by atoms with Crippen LogP contribution in [0.1, 0.15) is 5.56 Å². The van der Waals surface area contributed by atoms with Gasteiger partial charge in [-0.25, -0.2) is 0 Å². The van der Waals surface area contributed by atoms with Gasteiger partial charge in [0.25, 0.3) is 0 Å². The first-order valence-electron chi connectivity index (χ1n) is 5.16. The van der Waals surface area contributed by atoms with E-state index in [0.29, 0.717) is 0 Å². The summed E-state index contributed by atoms with van der Waals surface area (Å²) in [4.78, 5) is 2.12. The molecule has 0 amide bonds. The third-order valence-electron chi connectivity index (χ3n) is 2.33. The summed E-state index contributed by atoms with van der Waals surface area (Å²) in [5.74, 6) is 0. The van der Waals surface area contributed by atoms with Crippen molar-refractivity contribution >= 4 is 11.4 Å². The first kappa shape index (κ1) is 11.9. The van der Waals surface area contributed by atoms with Crippen LogP contribution in [0.3, 0.4) is 0 Å². The van der Waals surface area contributed by atoms with Crippen LogP contribution in [0.4, 0.5) is 11.4 Å². The third kappa shape index (κ3) is 3.44. The summed E-state index contributed by atoms with van der Waals surface area (Å²) in [5, 5.41) is 3.32. The second-order valence-electron chi connectivity index (χ2n) is 3.82. The number of ether oxygens (including phenoxy) is 1. The van der Waals surface area contributed by atoms with Gasteiger partial charge in [-0.1, -0.05) is 6.07 Å². The zero-order chi connectivity index (χ0) is 11.3. The van der Waals surface area contributed by atoms with E-state index in [1.54, 1.807) is 7.11 Å². The largest absolute Gasteiger partial charge is 0.383 e. The van der Waals surface area contributed by atoms with E-state index in [1.807, 2.05) is 0 Å². The fraction of sp³-hybridized carbons (Fsp3) is 0.500. The molecule has 0 aliphatic carbocycles. The topological polar surface area (TPSA) is 24.5 Å². The summed E-state index contributed by atoms with van der Waals surface area (Å²) in [6.45, 7) is 3.69. The molecule has 0 saturated carbocycles. The average Bonchev–Trinajstić information content (AvgIpc) is 2.20. The van der Waals surface area contributed by atoms with Crippen LogP contribution in [0.25, 0.3) is 0 Å². The summed E-state index contributed by atoms with van der Waals surface area (Å²) >= 11 is 0. The van der Waals surface area contributed by atoms with E-state index >= 15 is 0 Å². The quantitative estimate of drug-likeness (QED) is 0.750. The molecule has 0 aromatic heterocycles. The molecule has 3 heteroatoms. The molecule has 0 aliphatic rings. The van der Waals surface area contributed by atoms with E-state index in [9.17, 15) is 0 Å². The van der Waals surface area contributed by atoms with Crippen molar-refractivity contribution in [1.82, 2.24) is 0 Å². The first-order chi connectivity index (χ1) is 7.15. The average molecular weight is 208 g/mol. The summed E-state index contributed by atoms with van der Waals surface area (Å²) in [6.07, 6.45) is 0. The molecule has 0 fully saturated rings. The Bertz CT molecular complexity index is 310. The highest BCUT2D eigenvalue weighted by Gasteiger charge is 2.01. The van der Waals surface area contributed by atoms with Gasteiger partial charge in [0.1, 0.15) is 0 Å². The maximum absolute atomic E-state index is 4.99. The number of rotatable bonds is 5. The monoisotopic (exact) mass is 208 g/mol. The van der Waals surface area contributed by atoms with Gasteiger partial charge in [0.2, 0.25) is 0 Å². The minimum atomic E-state index is 0.727. The second-order valence-corrected chi connectivity index (χ2v) is 3.82. The Labute approximate surface area is 92.0 Å². The standard InChI is InChI=1S/C12H20N2O/c1-10-5-6-11(13-7-8-15-4)9-12(10)14(2)3/h5-6,9,13H,7-8H2,1-4H3. The number of nitrogens with one attached hydrogen (secondary N) is 1. The minimum Gasteiger partial charge on any atom is -0.383 e. The number of methoxy groups -OCH3 is 1. The maximum atomic E-state index is 4.99. The van der Waals surface area contributed by atoms with Crippen LogP contribution >= 0.6 is 0 Å². The number of anilines is 2. The summed E-state index contributed by atoms with van der Waals surface area (Å²) in [6, 6.07) is 6.38. The Kier molecular flexibility index (Phi) is 4.43. The lowest BCUT2D eigenvalue weighted by atomic mass is 10.1. The van der Waals surface area contributed by atoms with Crippen molar-refractivity contribution in [2.75, 3.05) is 44.6 Å². The van der Waals surface area contributed by atoms with Crippen LogP contribution in [0.5, 0.6) is 0 Å². The van der Waals surface area contributed by atoms with Gasteiger partial charge < -0.3 is 15.0 Å². The highest BCUT2D eigenvalue weighted by Crippen LogP contribution is 2.22. The van der Waals surface area contributed by atoms with Crippen LogP contribution < -0.4 is 10.2 Å². The molecule has 0 atom stereocenters. The van der Waals surface area contributed by atoms with Crippen molar-refractivity contribution in [3.63, 3.8) is 0 Å². The lowest BCUT2D eigenvalue weighted by Crippen LogP contribution is -2.12. The molecule has 0 aliphatic heterocycles. The van der Waals surface area contributed by atoms with Gasteiger partial charge >= 0.3 is 0 Å². The Morgan fingerprint density at radius 1 is 1.33 bits per heavy atom. The van der Waals surface area contributed by atoms with E-state index in [0.717, 1.165) is 18.8 Å². The molecule has 84 valence electrons. The number of benzene rings is 1. The van der Waals surface area contributed by atoms with Gasteiger partial charge in [0.05, 0.1) is 6.61 Å². The lowest BCUT2D eigenvalue weighted by molar-refractivity contribution is 0.211. The Hall–Kier alpha value is -1.22. The van der Waals surface area contributed by atoms with Crippen molar-refractivity contribution in [3.8, 4) is 0 Å². The molecule has 1 N–H and O–H groups in total. The van der Waals surface area contributed by atoms with E-state index in [2.05, 4.69) is 49.4 Å². The van der Waals surface area contributed by atoms with Crippen LogP contribution in [-0.4, -0.2) is 34.4 Å². The van der Waals surface area contributed by atoms with Gasteiger partial charge in [-0.05, 0) is 24.6 Å². The van der Waals surface area contributed by atoms with E-state index in [4.69, 9.17) is 4.74 Å². The van der Waals surface area contributed by atoms with Gasteiger partial charge in [-0.3, -0.25) is 0 Å². The fourth-order valence-corrected chi connectivity index (χ4v) is 1.50. The van der Waals surface area contributed by atoms with Crippen LogP contribution in [0.15, 0.2) is 18.2 Å². The van der Waals surface area contributed by atoms with E-state index < -0.39 is 0 Å². The molecular weight excluding hydrogens is 188 g/mol. The van der Waals surface area contributed by atoms with Gasteiger partial charge in [-0.15, -0.1) is 0 Å². The molecule has 1 rings (SSSR count). The normalized spacial score (nSPS) is 10.1. The molecule has 15 heavy (non-hydrogen) atoms. The number of hydrogen-bond acceptors (Lipinski definition) is 3. The Balaban J connectivity index is 2.70. The summed E-state index contributed by atoms with van der Waals surface area (Å²) < 4.78 is 4.99. The summed E-state index contributed by atoms with van der Waals surface area (Å²) in [5.41, 5.74) is 3.68. The number of hydrogen-bond donors (Lipinski definition) is 1. The molecular formula is C12H20N2O. The van der Waals surface area contributed by atoms with Crippen molar-refractivity contribution in [3.05, 3.63) is 23.8 Å². The van der Waals surface area contributed by atoms with Crippen molar-refractivity contribution in [1.29, 1.82) is 0 Å². The Morgan fingerprint density at radius 3 is 2.67 bits per heavy atom. The smallest absolute Gasteiger partial charge is 0.0635 e. The van der Waals surface area contributed by atoms with Crippen molar-refractivity contribution in [2.45, 2.75) is 6.92 Å². The maximum Gasteiger partial charge on any atom is 0.0635 e. The van der Waals surface area contributed by atoms with Gasteiger partial charge in [0, 0.05) is 39.1 Å². The summed E-state index contributed by atoms with van der Waals surface area (Å²) in [7, 11) is 5.82. The molecule has 0 spiro atoms. The molecule has 0 saturated heterocycles.